The highest BCUT2D eigenvalue weighted by atomic mass is 79.9. The lowest BCUT2D eigenvalue weighted by molar-refractivity contribution is -0.113. The van der Waals surface area contributed by atoms with Crippen LogP contribution >= 0.6 is 31.9 Å². The number of amides is 1. The number of primary amides is 1. The molecule has 1 aromatic carbocycles. The molecule has 0 unspecified atom stereocenters. The van der Waals surface area contributed by atoms with Crippen LogP contribution in [0.5, 0.6) is 0 Å². The van der Waals surface area contributed by atoms with Gasteiger partial charge in [-0.1, -0.05) is 15.9 Å². The fourth-order valence-corrected chi connectivity index (χ4v) is 2.17. The molecule has 5 heteroatoms. The monoisotopic (exact) mass is 318 g/mol. The second kappa shape index (κ2) is 4.61. The molecule has 0 fully saturated rings. The van der Waals surface area contributed by atoms with E-state index in [4.69, 9.17) is 11.5 Å². The van der Waals surface area contributed by atoms with Crippen molar-refractivity contribution in [1.82, 2.24) is 0 Å². The maximum Gasteiger partial charge on any atom is 0.241 e. The molecule has 0 bridgehead atoms. The summed E-state index contributed by atoms with van der Waals surface area (Å²) in [7, 11) is 0. The summed E-state index contributed by atoms with van der Waals surface area (Å²) in [5.74, 6) is -0.500. The Kier molecular flexibility index (Phi) is 3.71. The van der Waals surface area contributed by atoms with Crippen LogP contribution in [0.1, 0.15) is 5.56 Å². The first kappa shape index (κ1) is 11.3. The molecule has 0 spiro atoms. The van der Waals surface area contributed by atoms with Crippen molar-refractivity contribution in [2.24, 2.45) is 5.73 Å². The number of carbonyl (C=O) groups is 1. The van der Waals surface area contributed by atoms with Crippen molar-refractivity contribution in [2.75, 3.05) is 5.73 Å². The van der Waals surface area contributed by atoms with Gasteiger partial charge < -0.3 is 11.5 Å². The largest absolute Gasteiger partial charge is 0.397 e. The van der Waals surface area contributed by atoms with Crippen molar-refractivity contribution >= 4 is 49.5 Å². The Morgan fingerprint density at radius 3 is 2.57 bits per heavy atom. The van der Waals surface area contributed by atoms with Gasteiger partial charge in [0.1, 0.15) is 0 Å². The number of anilines is 1. The number of nitrogens with two attached hydrogens (primary N) is 2. The molecular formula is C9H8Br2N2O. The fourth-order valence-electron chi connectivity index (χ4n) is 0.914. The zero-order valence-corrected chi connectivity index (χ0v) is 10.3. The van der Waals surface area contributed by atoms with Gasteiger partial charge in [-0.2, -0.15) is 0 Å². The van der Waals surface area contributed by atoms with Gasteiger partial charge >= 0.3 is 0 Å². The minimum atomic E-state index is -0.500. The summed E-state index contributed by atoms with van der Waals surface area (Å²) in [5.41, 5.74) is 12.1. The van der Waals surface area contributed by atoms with E-state index in [-0.39, 0.29) is 0 Å². The van der Waals surface area contributed by atoms with Crippen molar-refractivity contribution in [3.05, 3.63) is 32.7 Å². The molecule has 0 aromatic heterocycles. The molecule has 0 radical (unpaired) electrons. The van der Waals surface area contributed by atoms with E-state index in [0.29, 0.717) is 5.69 Å². The normalized spacial score (nSPS) is 10.7. The minimum absolute atomic E-state index is 0.500. The highest BCUT2D eigenvalue weighted by Gasteiger charge is 2.02. The van der Waals surface area contributed by atoms with Crippen LogP contribution in [0.3, 0.4) is 0 Å². The van der Waals surface area contributed by atoms with Gasteiger partial charge in [-0.25, -0.2) is 0 Å². The Morgan fingerprint density at radius 1 is 1.36 bits per heavy atom. The number of nitrogen functional groups attached to an aromatic ring is 1. The van der Waals surface area contributed by atoms with E-state index in [2.05, 4.69) is 31.9 Å². The van der Waals surface area contributed by atoms with Crippen LogP contribution in [-0.4, -0.2) is 5.91 Å². The third-order valence-electron chi connectivity index (χ3n) is 1.55. The summed E-state index contributed by atoms with van der Waals surface area (Å²) in [4.78, 5) is 10.5. The van der Waals surface area contributed by atoms with Gasteiger partial charge in [-0.15, -0.1) is 0 Å². The fraction of sp³-hybridized carbons (Fsp3) is 0. The van der Waals surface area contributed by atoms with Gasteiger partial charge in [0.15, 0.2) is 0 Å². The van der Waals surface area contributed by atoms with E-state index < -0.39 is 5.91 Å². The molecule has 0 atom stereocenters. The standard InChI is InChI=1S/C9H8Br2N2O/c10-6-3-5(1-2-8(12)14)9(13)7(11)4-6/h1-4H,13H2,(H2,12,14). The molecule has 4 N–H and O–H groups in total. The van der Waals surface area contributed by atoms with E-state index in [0.717, 1.165) is 14.5 Å². The van der Waals surface area contributed by atoms with E-state index in [1.165, 1.54) is 6.08 Å². The molecule has 0 saturated heterocycles. The van der Waals surface area contributed by atoms with Crippen molar-refractivity contribution in [1.29, 1.82) is 0 Å². The van der Waals surface area contributed by atoms with Gasteiger partial charge in [0.25, 0.3) is 0 Å². The molecule has 3 nitrogen and oxygen atoms in total. The lowest BCUT2D eigenvalue weighted by Gasteiger charge is -2.03. The predicted octanol–water partition coefficient (Wildman–Crippen LogP) is 2.29. The predicted molar refractivity (Wildman–Crippen MR) is 64.5 cm³/mol. The summed E-state index contributed by atoms with van der Waals surface area (Å²) in [5, 5.41) is 0. The first-order chi connectivity index (χ1) is 6.50. The molecule has 0 saturated carbocycles. The maximum atomic E-state index is 10.5. The Morgan fingerprint density at radius 2 is 2.00 bits per heavy atom. The Labute approximate surface area is 98.4 Å². The molecule has 1 rings (SSSR count). The second-order valence-electron chi connectivity index (χ2n) is 2.63. The Bertz CT molecular complexity index is 402. The zero-order chi connectivity index (χ0) is 10.7. The molecule has 74 valence electrons. The van der Waals surface area contributed by atoms with Crippen LogP contribution in [0, 0.1) is 0 Å². The summed E-state index contributed by atoms with van der Waals surface area (Å²) >= 11 is 6.62. The lowest BCUT2D eigenvalue weighted by atomic mass is 10.1. The molecule has 0 aliphatic carbocycles. The van der Waals surface area contributed by atoms with Crippen LogP contribution < -0.4 is 11.5 Å². The number of carbonyl (C=O) groups excluding carboxylic acids is 1. The first-order valence-corrected chi connectivity index (χ1v) is 5.31. The van der Waals surface area contributed by atoms with Crippen molar-refractivity contribution in [3.8, 4) is 0 Å². The van der Waals surface area contributed by atoms with Gasteiger partial charge in [0, 0.05) is 15.0 Å². The van der Waals surface area contributed by atoms with Gasteiger partial charge in [0.2, 0.25) is 5.91 Å². The van der Waals surface area contributed by atoms with Crippen molar-refractivity contribution < 1.29 is 4.79 Å². The number of rotatable bonds is 2. The average molecular weight is 320 g/mol. The van der Waals surface area contributed by atoms with Crippen LogP contribution in [0.4, 0.5) is 5.69 Å². The Balaban J connectivity index is 3.14. The summed E-state index contributed by atoms with van der Waals surface area (Å²) < 4.78 is 1.65. The third kappa shape index (κ3) is 2.85. The van der Waals surface area contributed by atoms with Crippen LogP contribution in [-0.2, 0) is 4.79 Å². The summed E-state index contributed by atoms with van der Waals surface area (Å²) in [6, 6.07) is 3.64. The average Bonchev–Trinajstić information content (AvgIpc) is 2.08. The zero-order valence-electron chi connectivity index (χ0n) is 7.13. The van der Waals surface area contributed by atoms with Crippen LogP contribution in [0.15, 0.2) is 27.2 Å². The molecule has 14 heavy (non-hydrogen) atoms. The smallest absolute Gasteiger partial charge is 0.241 e. The Hall–Kier alpha value is -0.810. The van der Waals surface area contributed by atoms with E-state index in [1.54, 1.807) is 12.1 Å². The summed E-state index contributed by atoms with van der Waals surface area (Å²) in [6.45, 7) is 0. The van der Waals surface area contributed by atoms with E-state index in [1.807, 2.05) is 6.07 Å². The van der Waals surface area contributed by atoms with E-state index in [9.17, 15) is 4.79 Å². The molecule has 0 heterocycles. The third-order valence-corrected chi connectivity index (χ3v) is 2.67. The molecule has 1 amide bonds. The highest BCUT2D eigenvalue weighted by molar-refractivity contribution is 9.11. The topological polar surface area (TPSA) is 69.1 Å². The molecule has 1 aromatic rings. The number of benzene rings is 1. The van der Waals surface area contributed by atoms with Gasteiger partial charge in [-0.05, 0) is 39.7 Å². The number of hydrogen-bond acceptors (Lipinski definition) is 2. The minimum Gasteiger partial charge on any atom is -0.397 e. The van der Waals surface area contributed by atoms with Gasteiger partial charge in [0.05, 0.1) is 5.69 Å². The van der Waals surface area contributed by atoms with Crippen LogP contribution in [0.2, 0.25) is 0 Å². The lowest BCUT2D eigenvalue weighted by Crippen LogP contribution is -2.05. The quantitative estimate of drug-likeness (QED) is 0.648. The van der Waals surface area contributed by atoms with Crippen LogP contribution in [0.25, 0.3) is 6.08 Å². The summed E-state index contributed by atoms with van der Waals surface area (Å²) in [6.07, 6.45) is 2.84. The number of hydrogen-bond donors (Lipinski definition) is 2. The molecular weight excluding hydrogens is 312 g/mol. The number of halogens is 2. The van der Waals surface area contributed by atoms with Gasteiger partial charge in [-0.3, -0.25) is 4.79 Å². The van der Waals surface area contributed by atoms with Crippen molar-refractivity contribution in [2.45, 2.75) is 0 Å². The van der Waals surface area contributed by atoms with E-state index >= 15 is 0 Å². The highest BCUT2D eigenvalue weighted by Crippen LogP contribution is 2.28. The van der Waals surface area contributed by atoms with Crippen molar-refractivity contribution in [3.63, 3.8) is 0 Å². The maximum absolute atomic E-state index is 10.5. The first-order valence-electron chi connectivity index (χ1n) is 3.72. The SMILES string of the molecule is NC(=O)C=Cc1cc(Br)cc(Br)c1N. The molecule has 0 aliphatic rings. The molecule has 0 aliphatic heterocycles. The second-order valence-corrected chi connectivity index (χ2v) is 4.40.